The predicted molar refractivity (Wildman–Crippen MR) is 138 cm³/mol. The molecule has 0 fully saturated rings. The molecule has 192 valence electrons. The van der Waals surface area contributed by atoms with Gasteiger partial charge in [0.1, 0.15) is 11.5 Å². The minimum absolute atomic E-state index is 0.135. The highest BCUT2D eigenvalue weighted by Crippen LogP contribution is 2.37. The van der Waals surface area contributed by atoms with Crippen LogP contribution in [0.5, 0.6) is 11.5 Å². The molecule has 0 unspecified atom stereocenters. The zero-order valence-corrected chi connectivity index (χ0v) is 20.8. The second-order valence-electron chi connectivity index (χ2n) is 8.50. The molecule has 2 heterocycles. The lowest BCUT2D eigenvalue weighted by Crippen LogP contribution is -2.14. The molecular formula is C29H23F3N4O2. The molecule has 38 heavy (non-hydrogen) atoms. The first-order chi connectivity index (χ1) is 18.3. The van der Waals surface area contributed by atoms with Crippen molar-refractivity contribution in [2.45, 2.75) is 13.1 Å². The van der Waals surface area contributed by atoms with Crippen LogP contribution in [0.15, 0.2) is 84.9 Å². The monoisotopic (exact) mass is 516 g/mol. The maximum absolute atomic E-state index is 14.0. The molecule has 6 nitrogen and oxygen atoms in total. The van der Waals surface area contributed by atoms with Crippen LogP contribution >= 0.6 is 0 Å². The molecule has 0 aliphatic carbocycles. The molecule has 0 saturated carbocycles. The van der Waals surface area contributed by atoms with E-state index in [2.05, 4.69) is 9.97 Å². The van der Waals surface area contributed by atoms with E-state index in [-0.39, 0.29) is 11.6 Å². The maximum Gasteiger partial charge on any atom is 0.433 e. The number of alkyl halides is 3. The molecule has 9 heteroatoms. The highest BCUT2D eigenvalue weighted by Gasteiger charge is 2.34. The van der Waals surface area contributed by atoms with Crippen LogP contribution in [0.4, 0.5) is 13.2 Å². The van der Waals surface area contributed by atoms with Crippen molar-refractivity contribution in [1.82, 2.24) is 19.7 Å². The molecule has 0 radical (unpaired) electrons. The number of methoxy groups -OCH3 is 2. The Labute approximate surface area is 217 Å². The Morgan fingerprint density at radius 2 is 1.32 bits per heavy atom. The summed E-state index contributed by atoms with van der Waals surface area (Å²) in [5, 5.41) is 4.74. The van der Waals surface area contributed by atoms with Gasteiger partial charge in [-0.25, -0.2) is 9.97 Å². The summed E-state index contributed by atoms with van der Waals surface area (Å²) >= 11 is 0. The third kappa shape index (κ3) is 4.82. The van der Waals surface area contributed by atoms with Gasteiger partial charge in [0, 0.05) is 22.3 Å². The summed E-state index contributed by atoms with van der Waals surface area (Å²) in [6, 6.07) is 24.1. The topological polar surface area (TPSA) is 62.1 Å². The summed E-state index contributed by atoms with van der Waals surface area (Å²) < 4.78 is 54.1. The Kier molecular flexibility index (Phi) is 6.59. The third-order valence-electron chi connectivity index (χ3n) is 6.07. The van der Waals surface area contributed by atoms with Crippen LogP contribution in [0.1, 0.15) is 11.3 Å². The van der Waals surface area contributed by atoms with Crippen LogP contribution in [0.2, 0.25) is 0 Å². The Hall–Kier alpha value is -4.66. The van der Waals surface area contributed by atoms with Crippen molar-refractivity contribution in [2.24, 2.45) is 0 Å². The molecule has 0 N–H and O–H groups in total. The number of hydrogen-bond acceptors (Lipinski definition) is 5. The Balaban J connectivity index is 1.80. The lowest BCUT2D eigenvalue weighted by molar-refractivity contribution is -0.141. The first-order valence-electron chi connectivity index (χ1n) is 11.7. The van der Waals surface area contributed by atoms with E-state index in [1.54, 1.807) is 68.8 Å². The van der Waals surface area contributed by atoms with E-state index in [0.29, 0.717) is 34.0 Å². The number of halogens is 3. The molecule has 5 rings (SSSR count). The Bertz CT molecular complexity index is 1600. The van der Waals surface area contributed by atoms with Crippen LogP contribution in [-0.4, -0.2) is 34.0 Å². The highest BCUT2D eigenvalue weighted by molar-refractivity contribution is 5.76. The molecule has 0 saturated heterocycles. The number of nitrogens with zero attached hydrogens (tertiary/aromatic N) is 4. The fraction of sp³-hybridized carbons (Fsp3) is 0.138. The van der Waals surface area contributed by atoms with Crippen LogP contribution in [0.25, 0.3) is 39.7 Å². The summed E-state index contributed by atoms with van der Waals surface area (Å²) in [6.45, 7) is 1.86. The van der Waals surface area contributed by atoms with Gasteiger partial charge in [-0.1, -0.05) is 54.6 Å². The van der Waals surface area contributed by atoms with E-state index in [1.807, 2.05) is 31.2 Å². The fourth-order valence-electron chi connectivity index (χ4n) is 4.23. The SMILES string of the molecule is COc1cccc(-c2nn(-c3nc(-c4ccccc4)cc(C(F)(F)F)n3)c(-c3cccc(OC)c3)c2C)c1. The van der Waals surface area contributed by atoms with Crippen LogP contribution in [-0.2, 0) is 6.18 Å². The van der Waals surface area contributed by atoms with Crippen molar-refractivity contribution in [3.8, 4) is 51.2 Å². The number of hydrogen-bond donors (Lipinski definition) is 0. The fourth-order valence-corrected chi connectivity index (χ4v) is 4.23. The summed E-state index contributed by atoms with van der Waals surface area (Å²) in [4.78, 5) is 8.45. The van der Waals surface area contributed by atoms with Gasteiger partial charge in [0.2, 0.25) is 0 Å². The van der Waals surface area contributed by atoms with Gasteiger partial charge in [-0.2, -0.15) is 23.0 Å². The molecule has 0 bridgehead atoms. The van der Waals surface area contributed by atoms with Gasteiger partial charge >= 0.3 is 6.18 Å². The Morgan fingerprint density at radius 3 is 1.95 bits per heavy atom. The van der Waals surface area contributed by atoms with Crippen molar-refractivity contribution >= 4 is 0 Å². The molecule has 0 aliphatic heterocycles. The molecule has 5 aromatic rings. The van der Waals surface area contributed by atoms with Gasteiger partial charge in [-0.05, 0) is 37.3 Å². The molecule has 2 aromatic heterocycles. The standard InChI is InChI=1S/C29H23F3N4O2/c1-18-26(20-11-7-13-22(15-20)37-2)35-36(27(18)21-12-8-14-23(16-21)38-3)28-33-24(19-9-5-4-6-10-19)17-25(34-28)29(30,31)32/h4-17H,1-3H3. The van der Waals surface area contributed by atoms with Gasteiger partial charge in [0.25, 0.3) is 5.95 Å². The van der Waals surface area contributed by atoms with Crippen molar-refractivity contribution in [3.05, 3.63) is 96.2 Å². The average molecular weight is 517 g/mol. The van der Waals surface area contributed by atoms with E-state index in [1.165, 1.54) is 4.68 Å². The second kappa shape index (κ2) is 10.0. The van der Waals surface area contributed by atoms with Crippen LogP contribution in [0, 0.1) is 6.92 Å². The maximum atomic E-state index is 14.0. The molecule has 0 aliphatic rings. The largest absolute Gasteiger partial charge is 0.497 e. The Morgan fingerprint density at radius 1 is 0.711 bits per heavy atom. The number of benzene rings is 3. The summed E-state index contributed by atoms with van der Waals surface area (Å²) in [7, 11) is 3.11. The smallest absolute Gasteiger partial charge is 0.433 e. The van der Waals surface area contributed by atoms with E-state index < -0.39 is 11.9 Å². The first-order valence-corrected chi connectivity index (χ1v) is 11.7. The van der Waals surface area contributed by atoms with Crippen molar-refractivity contribution < 1.29 is 22.6 Å². The highest BCUT2D eigenvalue weighted by atomic mass is 19.4. The summed E-state index contributed by atoms with van der Waals surface area (Å²) in [6.07, 6.45) is -4.69. The van der Waals surface area contributed by atoms with Crippen LogP contribution in [0.3, 0.4) is 0 Å². The third-order valence-corrected chi connectivity index (χ3v) is 6.07. The van der Waals surface area contributed by atoms with Gasteiger partial charge in [-0.3, -0.25) is 0 Å². The zero-order valence-electron chi connectivity index (χ0n) is 20.8. The molecule has 0 atom stereocenters. The van der Waals surface area contributed by atoms with Gasteiger partial charge < -0.3 is 9.47 Å². The number of rotatable bonds is 6. The first kappa shape index (κ1) is 25.0. The minimum Gasteiger partial charge on any atom is -0.497 e. The quantitative estimate of drug-likeness (QED) is 0.243. The van der Waals surface area contributed by atoms with Gasteiger partial charge in [-0.15, -0.1) is 0 Å². The second-order valence-corrected chi connectivity index (χ2v) is 8.50. The lowest BCUT2D eigenvalue weighted by Gasteiger charge is -2.13. The van der Waals surface area contributed by atoms with Crippen molar-refractivity contribution in [1.29, 1.82) is 0 Å². The van der Waals surface area contributed by atoms with Crippen molar-refractivity contribution in [2.75, 3.05) is 14.2 Å². The average Bonchev–Trinajstić information content (AvgIpc) is 3.29. The van der Waals surface area contributed by atoms with E-state index in [4.69, 9.17) is 14.6 Å². The van der Waals surface area contributed by atoms with Crippen LogP contribution < -0.4 is 9.47 Å². The van der Waals surface area contributed by atoms with E-state index >= 15 is 0 Å². The van der Waals surface area contributed by atoms with Gasteiger partial charge in [0.15, 0.2) is 5.69 Å². The lowest BCUT2D eigenvalue weighted by atomic mass is 10.0. The predicted octanol–water partition coefficient (Wildman–Crippen LogP) is 7.01. The molecule has 3 aromatic carbocycles. The molecule has 0 amide bonds. The number of ether oxygens (including phenoxy) is 2. The van der Waals surface area contributed by atoms with E-state index in [0.717, 1.165) is 17.2 Å². The zero-order chi connectivity index (χ0) is 26.9. The van der Waals surface area contributed by atoms with E-state index in [9.17, 15) is 13.2 Å². The normalized spacial score (nSPS) is 11.4. The molecular weight excluding hydrogens is 493 g/mol. The van der Waals surface area contributed by atoms with Gasteiger partial charge in [0.05, 0.1) is 31.3 Å². The summed E-state index contributed by atoms with van der Waals surface area (Å²) in [5.41, 5.74) is 2.86. The molecule has 0 spiro atoms. The minimum atomic E-state index is -4.69. The summed E-state index contributed by atoms with van der Waals surface area (Å²) in [5.74, 6) is 1.02. The number of aromatic nitrogens is 4. The van der Waals surface area contributed by atoms with Crippen molar-refractivity contribution in [3.63, 3.8) is 0 Å².